The fraction of sp³-hybridized carbons (Fsp3) is 0.636. The van der Waals surface area contributed by atoms with Gasteiger partial charge in [-0.1, -0.05) is 25.5 Å². The Kier molecular flexibility index (Phi) is 15.4. The number of rotatable bonds is 24. The minimum Gasteiger partial charge on any atom is -0.496 e. The summed E-state index contributed by atoms with van der Waals surface area (Å²) in [5.41, 5.74) is 14.8. The van der Waals surface area contributed by atoms with Gasteiger partial charge >= 0.3 is 0 Å². The van der Waals surface area contributed by atoms with Crippen molar-refractivity contribution in [3.63, 3.8) is 0 Å². The number of nitrogen functional groups attached to an aromatic ring is 1. The van der Waals surface area contributed by atoms with Gasteiger partial charge in [0, 0.05) is 31.2 Å². The number of benzene rings is 1. The van der Waals surface area contributed by atoms with E-state index in [-0.39, 0.29) is 17.9 Å². The Hall–Kier alpha value is -3.56. The second-order valence-corrected chi connectivity index (χ2v) is 11.5. The number of carbonyl (C=O) groups excluding carboxylic acids is 1. The van der Waals surface area contributed by atoms with Crippen molar-refractivity contribution in [3.05, 3.63) is 35.5 Å². The topological polar surface area (TPSA) is 174 Å². The highest BCUT2D eigenvalue weighted by Crippen LogP contribution is 2.30. The number of nitrogens with two attached hydrogens (primary N) is 2. The van der Waals surface area contributed by atoms with E-state index >= 15 is 0 Å². The van der Waals surface area contributed by atoms with Crippen molar-refractivity contribution in [2.24, 2.45) is 5.73 Å². The molecule has 1 fully saturated rings. The van der Waals surface area contributed by atoms with E-state index in [4.69, 9.17) is 35.2 Å². The first-order valence-electron chi connectivity index (χ1n) is 16.7. The van der Waals surface area contributed by atoms with Gasteiger partial charge < -0.3 is 45.4 Å². The zero-order valence-corrected chi connectivity index (χ0v) is 28.0. The van der Waals surface area contributed by atoms with Gasteiger partial charge in [-0.15, -0.1) is 0 Å². The van der Waals surface area contributed by atoms with Gasteiger partial charge in [0.25, 0.3) is 0 Å². The van der Waals surface area contributed by atoms with E-state index in [0.29, 0.717) is 90.2 Å². The van der Waals surface area contributed by atoms with Crippen LogP contribution < -0.4 is 21.5 Å². The van der Waals surface area contributed by atoms with E-state index < -0.39 is 0 Å². The number of amides is 1. The van der Waals surface area contributed by atoms with Gasteiger partial charge in [0.15, 0.2) is 5.82 Å². The smallest absolute Gasteiger partial charge is 0.225 e. The highest BCUT2D eigenvalue weighted by molar-refractivity contribution is 5.86. The average molecular weight is 657 g/mol. The van der Waals surface area contributed by atoms with E-state index in [1.54, 1.807) is 13.3 Å². The van der Waals surface area contributed by atoms with Crippen LogP contribution >= 0.6 is 0 Å². The summed E-state index contributed by atoms with van der Waals surface area (Å²) in [7, 11) is 1.66. The monoisotopic (exact) mass is 656 g/mol. The van der Waals surface area contributed by atoms with E-state index in [1.807, 2.05) is 21.7 Å². The molecule has 4 rings (SSSR count). The number of fused-ring (bicyclic) bond motifs is 1. The maximum Gasteiger partial charge on any atom is 0.225 e. The first-order valence-corrected chi connectivity index (χ1v) is 16.7. The van der Waals surface area contributed by atoms with Crippen LogP contribution in [0.15, 0.2) is 24.4 Å². The summed E-state index contributed by atoms with van der Waals surface area (Å²) in [5, 5.41) is 7.97. The van der Waals surface area contributed by atoms with Gasteiger partial charge in [0.1, 0.15) is 16.8 Å². The standard InChI is InChI=1S/C33H52N8O6/c1-3-4-12-36-32-31-28(38-33(35)39-32)22-37-41(31)24-26-9-8-25(21-29(26)43-2)23-40(27-6-5-7-27)30(42)10-13-44-15-17-46-19-20-47-18-16-45-14-11-34/h8-9,21-22,27H,3-7,10-20,23-24,34H2,1-2H3,(H3,35,36,38,39). The number of anilines is 2. The molecule has 0 unspecified atom stereocenters. The fourth-order valence-electron chi connectivity index (χ4n) is 5.29. The van der Waals surface area contributed by atoms with Crippen LogP contribution in [0.1, 0.15) is 56.6 Å². The first kappa shape index (κ1) is 36.3. The van der Waals surface area contributed by atoms with Crippen LogP contribution in [0.5, 0.6) is 5.75 Å². The Labute approximate surface area is 277 Å². The van der Waals surface area contributed by atoms with Crippen LogP contribution in [0.25, 0.3) is 11.0 Å². The number of nitrogens with one attached hydrogen (secondary N) is 1. The molecule has 1 saturated carbocycles. The second kappa shape index (κ2) is 20.0. The highest BCUT2D eigenvalue weighted by Gasteiger charge is 2.29. The van der Waals surface area contributed by atoms with Gasteiger partial charge in [0.2, 0.25) is 11.9 Å². The molecule has 0 bridgehead atoms. The summed E-state index contributed by atoms with van der Waals surface area (Å²) >= 11 is 0. The van der Waals surface area contributed by atoms with Crippen LogP contribution in [-0.4, -0.2) is 110 Å². The van der Waals surface area contributed by atoms with Gasteiger partial charge in [-0.2, -0.15) is 10.1 Å². The summed E-state index contributed by atoms with van der Waals surface area (Å²) in [5.74, 6) is 1.71. The molecule has 2 aromatic heterocycles. The second-order valence-electron chi connectivity index (χ2n) is 11.5. The molecule has 14 heteroatoms. The predicted molar refractivity (Wildman–Crippen MR) is 180 cm³/mol. The molecule has 3 aromatic rings. The lowest BCUT2D eigenvalue weighted by Crippen LogP contribution is -2.44. The average Bonchev–Trinajstić information content (AvgIpc) is 3.44. The number of carbonyl (C=O) groups is 1. The summed E-state index contributed by atoms with van der Waals surface area (Å²) in [6, 6.07) is 6.36. The van der Waals surface area contributed by atoms with Gasteiger partial charge in [-0.05, 0) is 37.3 Å². The maximum absolute atomic E-state index is 13.3. The van der Waals surface area contributed by atoms with Crippen LogP contribution in [0.4, 0.5) is 11.8 Å². The molecule has 0 spiro atoms. The molecule has 47 heavy (non-hydrogen) atoms. The van der Waals surface area contributed by atoms with Crippen molar-refractivity contribution in [2.75, 3.05) is 84.1 Å². The summed E-state index contributed by atoms with van der Waals surface area (Å²) in [6.45, 7) is 8.21. The Morgan fingerprint density at radius 3 is 2.36 bits per heavy atom. The Morgan fingerprint density at radius 2 is 1.72 bits per heavy atom. The minimum absolute atomic E-state index is 0.0919. The molecule has 0 atom stereocenters. The van der Waals surface area contributed by atoms with Crippen molar-refractivity contribution < 1.29 is 28.5 Å². The molecule has 1 aromatic carbocycles. The molecule has 5 N–H and O–H groups in total. The number of methoxy groups -OCH3 is 1. The van der Waals surface area contributed by atoms with Crippen molar-refractivity contribution in [1.82, 2.24) is 24.6 Å². The number of ether oxygens (including phenoxy) is 5. The largest absolute Gasteiger partial charge is 0.496 e. The quantitative estimate of drug-likeness (QED) is 0.121. The van der Waals surface area contributed by atoms with E-state index in [0.717, 1.165) is 61.0 Å². The van der Waals surface area contributed by atoms with E-state index in [9.17, 15) is 4.79 Å². The lowest BCUT2D eigenvalue weighted by atomic mass is 9.90. The number of hydrogen-bond acceptors (Lipinski definition) is 12. The van der Waals surface area contributed by atoms with Crippen LogP contribution in [0, 0.1) is 0 Å². The fourth-order valence-corrected chi connectivity index (χ4v) is 5.29. The van der Waals surface area contributed by atoms with Gasteiger partial charge in [-0.3, -0.25) is 9.48 Å². The number of unbranched alkanes of at least 4 members (excludes halogenated alkanes) is 1. The third-order valence-corrected chi connectivity index (χ3v) is 8.03. The van der Waals surface area contributed by atoms with Crippen molar-refractivity contribution in [1.29, 1.82) is 0 Å². The van der Waals surface area contributed by atoms with E-state index in [1.165, 1.54) is 0 Å². The van der Waals surface area contributed by atoms with Crippen LogP contribution in [0.2, 0.25) is 0 Å². The molecule has 0 aliphatic heterocycles. The Bertz CT molecular complexity index is 1370. The molecule has 1 aliphatic rings. The van der Waals surface area contributed by atoms with Crippen LogP contribution in [0.3, 0.4) is 0 Å². The molecular formula is C33H52N8O6. The highest BCUT2D eigenvalue weighted by atomic mass is 16.6. The van der Waals surface area contributed by atoms with Crippen molar-refractivity contribution >= 4 is 28.7 Å². The molecule has 0 radical (unpaired) electrons. The van der Waals surface area contributed by atoms with Crippen LogP contribution in [-0.2, 0) is 36.8 Å². The zero-order chi connectivity index (χ0) is 33.3. The Balaban J connectivity index is 1.27. The molecule has 1 amide bonds. The molecule has 0 saturated heterocycles. The van der Waals surface area contributed by atoms with Gasteiger partial charge in [0.05, 0.1) is 79.1 Å². The zero-order valence-electron chi connectivity index (χ0n) is 28.0. The normalized spacial score (nSPS) is 13.2. The van der Waals surface area contributed by atoms with E-state index in [2.05, 4.69) is 33.4 Å². The third kappa shape index (κ3) is 11.3. The maximum atomic E-state index is 13.3. The summed E-state index contributed by atoms with van der Waals surface area (Å²) in [6.07, 6.45) is 7.29. The van der Waals surface area contributed by atoms with Crippen molar-refractivity contribution in [2.45, 2.75) is 64.6 Å². The SMILES string of the molecule is CCCCNc1nc(N)nc2cnn(Cc3ccc(CN(C(=O)CCOCCOCCOCCOCCN)C4CCC4)cc3OC)c12. The molecule has 2 heterocycles. The lowest BCUT2D eigenvalue weighted by molar-refractivity contribution is -0.137. The molecular weight excluding hydrogens is 604 g/mol. The molecule has 260 valence electrons. The third-order valence-electron chi connectivity index (χ3n) is 8.03. The molecule has 1 aliphatic carbocycles. The Morgan fingerprint density at radius 1 is 1.02 bits per heavy atom. The number of aromatic nitrogens is 4. The first-order chi connectivity index (χ1) is 23.0. The minimum atomic E-state index is 0.0919. The van der Waals surface area contributed by atoms with Gasteiger partial charge in [-0.25, -0.2) is 4.98 Å². The number of hydrogen-bond donors (Lipinski definition) is 3. The summed E-state index contributed by atoms with van der Waals surface area (Å²) < 4.78 is 29.6. The van der Waals surface area contributed by atoms with Crippen molar-refractivity contribution in [3.8, 4) is 5.75 Å². The molecule has 14 nitrogen and oxygen atoms in total. The summed E-state index contributed by atoms with van der Waals surface area (Å²) in [4.78, 5) is 24.1. The lowest BCUT2D eigenvalue weighted by Gasteiger charge is -2.38. The number of nitrogens with zero attached hydrogens (tertiary/aromatic N) is 5. The predicted octanol–water partition coefficient (Wildman–Crippen LogP) is 2.97.